The van der Waals surface area contributed by atoms with Crippen LogP contribution in [0, 0.1) is 23.0 Å². The number of nitro benzene ring substituents is 1. The fourth-order valence-corrected chi connectivity index (χ4v) is 3.90. The minimum Gasteiger partial charge on any atom is -0.354 e. The summed E-state index contributed by atoms with van der Waals surface area (Å²) in [4.78, 5) is 37.6. The van der Waals surface area contributed by atoms with Gasteiger partial charge >= 0.3 is 0 Å². The van der Waals surface area contributed by atoms with Crippen LogP contribution < -0.4 is 10.6 Å². The van der Waals surface area contributed by atoms with E-state index in [0.717, 1.165) is 32.4 Å². The largest absolute Gasteiger partial charge is 0.354 e. The number of nitrogens with zero attached hydrogens (tertiary/aromatic N) is 2. The Morgan fingerprint density at radius 1 is 1.32 bits per heavy atom. The summed E-state index contributed by atoms with van der Waals surface area (Å²) in [5.74, 6) is 0.0839. The quantitative estimate of drug-likeness (QED) is 0.571. The Bertz CT molecular complexity index is 737. The third-order valence-electron chi connectivity index (χ3n) is 5.42. The molecule has 2 atom stereocenters. The summed E-state index contributed by atoms with van der Waals surface area (Å²) in [6.07, 6.45) is 3.64. The fourth-order valence-electron chi connectivity index (χ4n) is 3.90. The van der Waals surface area contributed by atoms with Gasteiger partial charge in [0.2, 0.25) is 5.91 Å². The lowest BCUT2D eigenvalue weighted by Crippen LogP contribution is -2.48. The minimum absolute atomic E-state index is 0. The molecule has 1 aromatic rings. The van der Waals surface area contributed by atoms with E-state index in [2.05, 4.69) is 10.6 Å². The van der Waals surface area contributed by atoms with Crippen LogP contribution in [0.3, 0.4) is 0 Å². The number of benzene rings is 1. The van der Waals surface area contributed by atoms with Crippen molar-refractivity contribution in [1.82, 2.24) is 15.5 Å². The van der Waals surface area contributed by atoms with Crippen molar-refractivity contribution in [2.24, 2.45) is 5.92 Å². The first-order chi connectivity index (χ1) is 13.0. The zero-order valence-electron chi connectivity index (χ0n) is 16.0. The van der Waals surface area contributed by atoms with Crippen LogP contribution in [-0.2, 0) is 4.79 Å². The highest BCUT2D eigenvalue weighted by Crippen LogP contribution is 2.24. The van der Waals surface area contributed by atoms with E-state index in [1.54, 1.807) is 11.8 Å². The van der Waals surface area contributed by atoms with Crippen molar-refractivity contribution in [3.8, 4) is 0 Å². The number of carbonyl (C=O) groups is 2. The maximum Gasteiger partial charge on any atom is 0.272 e. The number of nitrogens with one attached hydrogen (secondary N) is 2. The highest BCUT2D eigenvalue weighted by Gasteiger charge is 2.35. The number of hydrogen-bond acceptors (Lipinski definition) is 5. The molecule has 0 spiro atoms. The van der Waals surface area contributed by atoms with E-state index in [1.807, 2.05) is 0 Å². The number of rotatable bonds is 5. The molecule has 28 heavy (non-hydrogen) atoms. The fraction of sp³-hybridized carbons (Fsp3) is 0.579. The Kier molecular flexibility index (Phi) is 7.77. The van der Waals surface area contributed by atoms with E-state index < -0.39 is 11.0 Å². The van der Waals surface area contributed by atoms with Gasteiger partial charge in [0.25, 0.3) is 11.6 Å². The summed E-state index contributed by atoms with van der Waals surface area (Å²) in [5, 5.41) is 17.3. The van der Waals surface area contributed by atoms with Gasteiger partial charge in [-0.05, 0) is 63.7 Å². The normalized spacial score (nSPS) is 21.7. The summed E-state index contributed by atoms with van der Waals surface area (Å²) in [7, 11) is 0. The second-order valence-corrected chi connectivity index (χ2v) is 7.37. The number of amides is 2. The SMILES string of the molecule is Cc1cc(C(=O)N2CCCC2C(=O)NCC2CCCNC2)ccc1[N+](=O)[O-].Cl. The van der Waals surface area contributed by atoms with Gasteiger partial charge < -0.3 is 15.5 Å². The molecule has 2 aliphatic heterocycles. The third-order valence-corrected chi connectivity index (χ3v) is 5.42. The monoisotopic (exact) mass is 410 g/mol. The van der Waals surface area contributed by atoms with Crippen molar-refractivity contribution in [2.75, 3.05) is 26.2 Å². The average molecular weight is 411 g/mol. The Labute approximate surface area is 170 Å². The van der Waals surface area contributed by atoms with E-state index in [9.17, 15) is 19.7 Å². The summed E-state index contributed by atoms with van der Waals surface area (Å²) in [6, 6.07) is 3.88. The molecule has 2 unspecified atom stereocenters. The minimum atomic E-state index is -0.468. The third kappa shape index (κ3) is 4.99. The van der Waals surface area contributed by atoms with E-state index in [1.165, 1.54) is 18.2 Å². The molecule has 3 rings (SSSR count). The van der Waals surface area contributed by atoms with Crippen LogP contribution in [0.2, 0.25) is 0 Å². The van der Waals surface area contributed by atoms with Crippen molar-refractivity contribution in [3.05, 3.63) is 39.4 Å². The second-order valence-electron chi connectivity index (χ2n) is 7.37. The number of aryl methyl sites for hydroxylation is 1. The molecule has 2 amide bonds. The van der Waals surface area contributed by atoms with Crippen molar-refractivity contribution < 1.29 is 14.5 Å². The summed E-state index contributed by atoms with van der Waals surface area (Å²) in [5.41, 5.74) is 0.813. The molecule has 2 saturated heterocycles. The van der Waals surface area contributed by atoms with E-state index in [0.29, 0.717) is 36.6 Å². The van der Waals surface area contributed by atoms with Crippen molar-refractivity contribution in [1.29, 1.82) is 0 Å². The molecule has 0 radical (unpaired) electrons. The molecule has 2 aliphatic rings. The molecule has 0 saturated carbocycles. The molecule has 2 N–H and O–H groups in total. The molecule has 0 bridgehead atoms. The highest BCUT2D eigenvalue weighted by atomic mass is 35.5. The second kappa shape index (κ2) is 9.84. The highest BCUT2D eigenvalue weighted by molar-refractivity contribution is 5.98. The van der Waals surface area contributed by atoms with Gasteiger partial charge in [-0.15, -0.1) is 12.4 Å². The number of carbonyl (C=O) groups excluding carboxylic acids is 2. The van der Waals surface area contributed by atoms with Crippen LogP contribution >= 0.6 is 12.4 Å². The van der Waals surface area contributed by atoms with Gasteiger partial charge in [-0.25, -0.2) is 0 Å². The topological polar surface area (TPSA) is 105 Å². The first-order valence-corrected chi connectivity index (χ1v) is 9.52. The lowest BCUT2D eigenvalue weighted by atomic mass is 9.99. The Balaban J connectivity index is 0.00000280. The maximum atomic E-state index is 12.9. The van der Waals surface area contributed by atoms with Gasteiger partial charge in [0.1, 0.15) is 6.04 Å². The van der Waals surface area contributed by atoms with Gasteiger partial charge in [0.15, 0.2) is 0 Å². The predicted molar refractivity (Wildman–Crippen MR) is 108 cm³/mol. The van der Waals surface area contributed by atoms with Crippen molar-refractivity contribution in [2.45, 2.75) is 38.6 Å². The van der Waals surface area contributed by atoms with Crippen LogP contribution in [0.15, 0.2) is 18.2 Å². The number of piperidine rings is 1. The van der Waals surface area contributed by atoms with Crippen LogP contribution in [-0.4, -0.2) is 53.9 Å². The number of hydrogen-bond donors (Lipinski definition) is 2. The van der Waals surface area contributed by atoms with Gasteiger partial charge in [0, 0.05) is 30.3 Å². The van der Waals surface area contributed by atoms with Gasteiger partial charge in [0.05, 0.1) is 4.92 Å². The molecule has 8 nitrogen and oxygen atoms in total. The Hall–Kier alpha value is -2.19. The van der Waals surface area contributed by atoms with Crippen LogP contribution in [0.25, 0.3) is 0 Å². The van der Waals surface area contributed by atoms with Crippen molar-refractivity contribution >= 4 is 29.9 Å². The molecular formula is C19H27ClN4O4. The van der Waals surface area contributed by atoms with Gasteiger partial charge in [-0.1, -0.05) is 0 Å². The predicted octanol–water partition coefficient (Wildman–Crippen LogP) is 2.05. The molecule has 1 aromatic carbocycles. The molecule has 0 aromatic heterocycles. The van der Waals surface area contributed by atoms with Gasteiger partial charge in [-0.2, -0.15) is 0 Å². The summed E-state index contributed by atoms with van der Waals surface area (Å²) >= 11 is 0. The van der Waals surface area contributed by atoms with Crippen molar-refractivity contribution in [3.63, 3.8) is 0 Å². The molecule has 154 valence electrons. The van der Waals surface area contributed by atoms with Crippen LogP contribution in [0.4, 0.5) is 5.69 Å². The molecule has 2 heterocycles. The zero-order chi connectivity index (χ0) is 19.4. The first-order valence-electron chi connectivity index (χ1n) is 9.52. The van der Waals surface area contributed by atoms with E-state index in [4.69, 9.17) is 0 Å². The number of likely N-dealkylation sites (tertiary alicyclic amines) is 1. The standard InChI is InChI=1S/C19H26N4O4.ClH/c1-13-10-15(6-7-16(13)23(26)27)19(25)22-9-3-5-17(22)18(24)21-12-14-4-2-8-20-11-14;/h6-7,10,14,17,20H,2-5,8-9,11-12H2,1H3,(H,21,24);1H. The van der Waals surface area contributed by atoms with Crippen LogP contribution in [0.1, 0.15) is 41.6 Å². The number of halogens is 1. The van der Waals surface area contributed by atoms with E-state index in [-0.39, 0.29) is 29.9 Å². The Morgan fingerprint density at radius 3 is 2.75 bits per heavy atom. The smallest absolute Gasteiger partial charge is 0.272 e. The summed E-state index contributed by atoms with van der Waals surface area (Å²) < 4.78 is 0. The zero-order valence-corrected chi connectivity index (χ0v) is 16.8. The Morgan fingerprint density at radius 2 is 2.11 bits per heavy atom. The first kappa shape index (κ1) is 22.1. The molecule has 2 fully saturated rings. The van der Waals surface area contributed by atoms with E-state index >= 15 is 0 Å². The van der Waals surface area contributed by atoms with Crippen LogP contribution in [0.5, 0.6) is 0 Å². The molecule has 0 aliphatic carbocycles. The van der Waals surface area contributed by atoms with Gasteiger partial charge in [-0.3, -0.25) is 19.7 Å². The molecule has 9 heteroatoms. The maximum absolute atomic E-state index is 12.9. The number of nitro groups is 1. The summed E-state index contributed by atoms with van der Waals surface area (Å²) in [6.45, 7) is 4.71. The average Bonchev–Trinajstić information content (AvgIpc) is 3.16. The lowest BCUT2D eigenvalue weighted by molar-refractivity contribution is -0.385. The molecular weight excluding hydrogens is 384 g/mol. The lowest BCUT2D eigenvalue weighted by Gasteiger charge is -2.27.